The largest absolute Gasteiger partial charge is 0.495 e. The molecular formula is C9H12BrNO3. The number of rotatable bonds is 3. The van der Waals surface area contributed by atoms with E-state index in [1.807, 2.05) is 0 Å². The molecule has 1 rings (SSSR count). The fourth-order valence-corrected chi connectivity index (χ4v) is 1.77. The van der Waals surface area contributed by atoms with Gasteiger partial charge in [0.25, 0.3) is 0 Å². The fraction of sp³-hybridized carbons (Fsp3) is 0.333. The van der Waals surface area contributed by atoms with Crippen LogP contribution in [0.25, 0.3) is 0 Å². The Hall–Kier alpha value is -1.10. The van der Waals surface area contributed by atoms with Gasteiger partial charge in [0.2, 0.25) is 0 Å². The Balaban J connectivity index is 3.39. The molecule has 5 heteroatoms. The lowest BCUT2D eigenvalue weighted by Gasteiger charge is -2.14. The first-order valence-electron chi connectivity index (χ1n) is 3.89. The first-order chi connectivity index (χ1) is 6.65. The Kier molecular flexibility index (Phi) is 3.46. The van der Waals surface area contributed by atoms with E-state index in [0.29, 0.717) is 27.4 Å². The van der Waals surface area contributed by atoms with Crippen LogP contribution in [0, 0.1) is 0 Å². The molecular weight excluding hydrogens is 250 g/mol. The van der Waals surface area contributed by atoms with Crippen LogP contribution in [0.15, 0.2) is 10.5 Å². The lowest BCUT2D eigenvalue weighted by Crippen LogP contribution is -1.99. The normalized spacial score (nSPS) is 9.71. The first-order valence-corrected chi connectivity index (χ1v) is 4.69. The van der Waals surface area contributed by atoms with Gasteiger partial charge < -0.3 is 19.9 Å². The molecule has 0 saturated carbocycles. The smallest absolute Gasteiger partial charge is 0.163 e. The molecule has 0 fully saturated rings. The summed E-state index contributed by atoms with van der Waals surface area (Å²) in [6.45, 7) is 0. The van der Waals surface area contributed by atoms with Crippen molar-refractivity contribution in [2.75, 3.05) is 27.1 Å². The van der Waals surface area contributed by atoms with E-state index in [-0.39, 0.29) is 0 Å². The molecule has 0 aliphatic heterocycles. The number of hydrogen-bond donors (Lipinski definition) is 1. The summed E-state index contributed by atoms with van der Waals surface area (Å²) in [7, 11) is 4.64. The topological polar surface area (TPSA) is 53.7 Å². The van der Waals surface area contributed by atoms with Crippen LogP contribution in [0.3, 0.4) is 0 Å². The SMILES string of the molecule is COc1cc(OC)c(Br)c(OC)c1N. The quantitative estimate of drug-likeness (QED) is 0.847. The zero-order valence-electron chi connectivity index (χ0n) is 8.26. The minimum atomic E-state index is 0.447. The van der Waals surface area contributed by atoms with Crippen LogP contribution >= 0.6 is 15.9 Å². The number of methoxy groups -OCH3 is 3. The summed E-state index contributed by atoms with van der Waals surface area (Å²) in [6, 6.07) is 1.70. The molecule has 0 unspecified atom stereocenters. The van der Waals surface area contributed by atoms with Crippen LogP contribution in [-0.2, 0) is 0 Å². The van der Waals surface area contributed by atoms with Gasteiger partial charge in [-0.1, -0.05) is 0 Å². The van der Waals surface area contributed by atoms with E-state index in [1.165, 1.54) is 7.11 Å². The Labute approximate surface area is 91.1 Å². The van der Waals surface area contributed by atoms with Crippen LogP contribution in [0.4, 0.5) is 5.69 Å². The highest BCUT2D eigenvalue weighted by Gasteiger charge is 2.15. The Morgan fingerprint density at radius 1 is 1.07 bits per heavy atom. The number of anilines is 1. The molecule has 0 amide bonds. The third-order valence-corrected chi connectivity index (χ3v) is 2.58. The average Bonchev–Trinajstić information content (AvgIpc) is 2.19. The summed E-state index contributed by atoms with van der Waals surface area (Å²) >= 11 is 3.33. The van der Waals surface area contributed by atoms with E-state index in [1.54, 1.807) is 20.3 Å². The fourth-order valence-electron chi connectivity index (χ4n) is 1.12. The van der Waals surface area contributed by atoms with Crippen molar-refractivity contribution >= 4 is 21.6 Å². The van der Waals surface area contributed by atoms with Gasteiger partial charge in [-0.05, 0) is 15.9 Å². The van der Waals surface area contributed by atoms with Crippen molar-refractivity contribution in [2.45, 2.75) is 0 Å². The predicted octanol–water partition coefficient (Wildman–Crippen LogP) is 2.06. The zero-order valence-corrected chi connectivity index (χ0v) is 9.84. The molecule has 0 aliphatic rings. The summed E-state index contributed by atoms with van der Waals surface area (Å²) in [5.41, 5.74) is 6.24. The average molecular weight is 262 g/mol. The second-order valence-corrected chi connectivity index (χ2v) is 3.33. The Morgan fingerprint density at radius 2 is 1.64 bits per heavy atom. The third kappa shape index (κ3) is 1.72. The third-order valence-electron chi connectivity index (χ3n) is 1.83. The second kappa shape index (κ2) is 4.41. The van der Waals surface area contributed by atoms with Crippen molar-refractivity contribution in [3.63, 3.8) is 0 Å². The standard InChI is InChI=1S/C9H12BrNO3/c1-12-5-4-6(13-2)8(11)9(14-3)7(5)10/h4H,11H2,1-3H3. The molecule has 78 valence electrons. The Bertz CT molecular complexity index is 313. The molecule has 0 aliphatic carbocycles. The highest BCUT2D eigenvalue weighted by Crippen LogP contribution is 2.44. The van der Waals surface area contributed by atoms with E-state index < -0.39 is 0 Å². The molecule has 2 N–H and O–H groups in total. The van der Waals surface area contributed by atoms with Gasteiger partial charge in [-0.2, -0.15) is 0 Å². The van der Waals surface area contributed by atoms with Gasteiger partial charge >= 0.3 is 0 Å². The molecule has 0 atom stereocenters. The number of halogens is 1. The van der Waals surface area contributed by atoms with Crippen molar-refractivity contribution in [1.82, 2.24) is 0 Å². The van der Waals surface area contributed by atoms with Gasteiger partial charge in [0, 0.05) is 6.07 Å². The monoisotopic (exact) mass is 261 g/mol. The predicted molar refractivity (Wildman–Crippen MR) is 58.2 cm³/mol. The van der Waals surface area contributed by atoms with Crippen molar-refractivity contribution < 1.29 is 14.2 Å². The lowest BCUT2D eigenvalue weighted by atomic mass is 10.2. The van der Waals surface area contributed by atoms with E-state index in [9.17, 15) is 0 Å². The number of hydrogen-bond acceptors (Lipinski definition) is 4. The summed E-state index contributed by atoms with van der Waals surface area (Å²) in [6.07, 6.45) is 0. The maximum atomic E-state index is 5.79. The summed E-state index contributed by atoms with van der Waals surface area (Å²) in [5.74, 6) is 1.66. The van der Waals surface area contributed by atoms with Gasteiger partial charge in [0.15, 0.2) is 5.75 Å². The molecule has 0 aromatic heterocycles. The van der Waals surface area contributed by atoms with E-state index in [2.05, 4.69) is 15.9 Å². The Morgan fingerprint density at radius 3 is 2.07 bits per heavy atom. The van der Waals surface area contributed by atoms with Crippen molar-refractivity contribution in [1.29, 1.82) is 0 Å². The van der Waals surface area contributed by atoms with Crippen molar-refractivity contribution in [3.8, 4) is 17.2 Å². The molecule has 1 aromatic rings. The van der Waals surface area contributed by atoms with Crippen LogP contribution in [0.5, 0.6) is 17.2 Å². The van der Waals surface area contributed by atoms with Crippen LogP contribution in [0.1, 0.15) is 0 Å². The summed E-state index contributed by atoms with van der Waals surface area (Å²) in [5, 5.41) is 0. The maximum Gasteiger partial charge on any atom is 0.163 e. The molecule has 4 nitrogen and oxygen atoms in total. The molecule has 0 saturated heterocycles. The summed E-state index contributed by atoms with van der Waals surface area (Å²) in [4.78, 5) is 0. The summed E-state index contributed by atoms with van der Waals surface area (Å²) < 4.78 is 16.0. The van der Waals surface area contributed by atoms with Gasteiger partial charge in [-0.3, -0.25) is 0 Å². The van der Waals surface area contributed by atoms with E-state index in [4.69, 9.17) is 19.9 Å². The molecule has 0 spiro atoms. The number of benzene rings is 1. The molecule has 0 radical (unpaired) electrons. The van der Waals surface area contributed by atoms with Gasteiger partial charge in [0.1, 0.15) is 21.7 Å². The first kappa shape index (κ1) is 11.0. The molecule has 0 heterocycles. The minimum absolute atomic E-state index is 0.447. The van der Waals surface area contributed by atoms with E-state index in [0.717, 1.165) is 0 Å². The molecule has 0 bridgehead atoms. The van der Waals surface area contributed by atoms with Crippen LogP contribution in [-0.4, -0.2) is 21.3 Å². The van der Waals surface area contributed by atoms with Crippen molar-refractivity contribution in [3.05, 3.63) is 10.5 Å². The molecule has 14 heavy (non-hydrogen) atoms. The van der Waals surface area contributed by atoms with Crippen LogP contribution < -0.4 is 19.9 Å². The minimum Gasteiger partial charge on any atom is -0.495 e. The van der Waals surface area contributed by atoms with Gasteiger partial charge in [-0.15, -0.1) is 0 Å². The molecule has 1 aromatic carbocycles. The second-order valence-electron chi connectivity index (χ2n) is 2.54. The maximum absolute atomic E-state index is 5.79. The van der Waals surface area contributed by atoms with Crippen LogP contribution in [0.2, 0.25) is 0 Å². The zero-order chi connectivity index (χ0) is 10.7. The highest BCUT2D eigenvalue weighted by molar-refractivity contribution is 9.10. The lowest BCUT2D eigenvalue weighted by molar-refractivity contribution is 0.374. The highest BCUT2D eigenvalue weighted by atomic mass is 79.9. The van der Waals surface area contributed by atoms with Crippen molar-refractivity contribution in [2.24, 2.45) is 0 Å². The number of ether oxygens (including phenoxy) is 3. The number of nitrogen functional groups attached to an aromatic ring is 1. The van der Waals surface area contributed by atoms with Gasteiger partial charge in [-0.25, -0.2) is 0 Å². The number of nitrogens with two attached hydrogens (primary N) is 1. The van der Waals surface area contributed by atoms with E-state index >= 15 is 0 Å². The van der Waals surface area contributed by atoms with Gasteiger partial charge in [0.05, 0.1) is 21.3 Å².